The number of fused-ring (bicyclic) bond motifs is 1. The number of nitrogens with one attached hydrogen (secondary N) is 1. The molecule has 5 heteroatoms. The molecule has 0 unspecified atom stereocenters. The molecule has 1 aliphatic heterocycles. The number of amides is 1. The van der Waals surface area contributed by atoms with Gasteiger partial charge in [0.15, 0.2) is 0 Å². The standard InChI is InChI=1S/C15H17N3OS/c1-18-15(12-9-20-10-13(12)17-18)16-14(19)8-7-11-5-3-2-4-6-11/h2-6H,7-10H2,1H3,(H,16,19). The quantitative estimate of drug-likeness (QED) is 0.940. The van der Waals surface area contributed by atoms with E-state index >= 15 is 0 Å². The minimum atomic E-state index is 0.0524. The molecule has 0 fully saturated rings. The number of rotatable bonds is 4. The van der Waals surface area contributed by atoms with Gasteiger partial charge in [-0.2, -0.15) is 16.9 Å². The Hall–Kier alpha value is -1.75. The molecule has 1 aliphatic rings. The van der Waals surface area contributed by atoms with Gasteiger partial charge >= 0.3 is 0 Å². The van der Waals surface area contributed by atoms with E-state index in [0.717, 1.165) is 29.4 Å². The van der Waals surface area contributed by atoms with Crippen LogP contribution in [0.5, 0.6) is 0 Å². The highest BCUT2D eigenvalue weighted by Gasteiger charge is 2.22. The van der Waals surface area contributed by atoms with Gasteiger partial charge in [-0.1, -0.05) is 30.3 Å². The van der Waals surface area contributed by atoms with Crippen LogP contribution >= 0.6 is 11.8 Å². The Morgan fingerprint density at radius 2 is 2.15 bits per heavy atom. The summed E-state index contributed by atoms with van der Waals surface area (Å²) in [5.74, 6) is 2.81. The maximum absolute atomic E-state index is 12.1. The first-order valence-corrected chi connectivity index (χ1v) is 7.86. The Balaban J connectivity index is 1.62. The normalized spacial score (nSPS) is 13.2. The molecule has 1 N–H and O–H groups in total. The number of hydrogen-bond acceptors (Lipinski definition) is 3. The zero-order valence-electron chi connectivity index (χ0n) is 11.4. The molecular weight excluding hydrogens is 270 g/mol. The van der Waals surface area contributed by atoms with Crippen molar-refractivity contribution in [2.24, 2.45) is 7.05 Å². The van der Waals surface area contributed by atoms with Crippen LogP contribution in [0.15, 0.2) is 30.3 Å². The molecule has 2 aromatic rings. The number of benzene rings is 1. The van der Waals surface area contributed by atoms with Crippen LogP contribution in [0.25, 0.3) is 0 Å². The van der Waals surface area contributed by atoms with E-state index in [4.69, 9.17) is 0 Å². The number of carbonyl (C=O) groups is 1. The van der Waals surface area contributed by atoms with Crippen LogP contribution in [-0.2, 0) is 29.8 Å². The molecule has 0 radical (unpaired) electrons. The summed E-state index contributed by atoms with van der Waals surface area (Å²) < 4.78 is 1.78. The zero-order chi connectivity index (χ0) is 13.9. The second-order valence-corrected chi connectivity index (χ2v) is 5.91. The summed E-state index contributed by atoms with van der Waals surface area (Å²) in [6.45, 7) is 0. The lowest BCUT2D eigenvalue weighted by molar-refractivity contribution is -0.116. The molecule has 0 spiro atoms. The van der Waals surface area contributed by atoms with Crippen LogP contribution < -0.4 is 5.32 Å². The lowest BCUT2D eigenvalue weighted by Gasteiger charge is -2.07. The van der Waals surface area contributed by atoms with Gasteiger partial charge in [-0.15, -0.1) is 0 Å². The predicted molar refractivity (Wildman–Crippen MR) is 81.6 cm³/mol. The Morgan fingerprint density at radius 3 is 2.95 bits per heavy atom. The van der Waals surface area contributed by atoms with Crippen molar-refractivity contribution in [3.63, 3.8) is 0 Å². The van der Waals surface area contributed by atoms with E-state index in [-0.39, 0.29) is 5.91 Å². The van der Waals surface area contributed by atoms with Gasteiger partial charge in [0.25, 0.3) is 0 Å². The fourth-order valence-corrected chi connectivity index (χ4v) is 3.43. The van der Waals surface area contributed by atoms with E-state index in [1.54, 1.807) is 4.68 Å². The van der Waals surface area contributed by atoms with Crippen LogP contribution in [0, 0.1) is 0 Å². The minimum Gasteiger partial charge on any atom is -0.311 e. The van der Waals surface area contributed by atoms with Crippen LogP contribution in [0.3, 0.4) is 0 Å². The third-order valence-corrected chi connectivity index (χ3v) is 4.43. The molecule has 2 heterocycles. The third kappa shape index (κ3) is 2.72. The Labute approximate surface area is 122 Å². The third-order valence-electron chi connectivity index (χ3n) is 3.46. The fourth-order valence-electron chi connectivity index (χ4n) is 2.39. The number of thioether (sulfide) groups is 1. The van der Waals surface area contributed by atoms with Gasteiger partial charge in [-0.3, -0.25) is 9.48 Å². The SMILES string of the molecule is Cn1nc2c(c1NC(=O)CCc1ccccc1)CSC2. The second kappa shape index (κ2) is 5.71. The molecule has 4 nitrogen and oxygen atoms in total. The number of aromatic nitrogens is 2. The monoisotopic (exact) mass is 287 g/mol. The van der Waals surface area contributed by atoms with Gasteiger partial charge in [-0.25, -0.2) is 0 Å². The number of carbonyl (C=O) groups excluding carboxylic acids is 1. The van der Waals surface area contributed by atoms with Gasteiger partial charge in [0.2, 0.25) is 5.91 Å². The molecule has 1 aromatic carbocycles. The van der Waals surface area contributed by atoms with E-state index in [1.807, 2.05) is 49.1 Å². The summed E-state index contributed by atoms with van der Waals surface area (Å²) in [7, 11) is 1.88. The number of nitrogens with zero attached hydrogens (tertiary/aromatic N) is 2. The first kappa shape index (κ1) is 13.2. The van der Waals surface area contributed by atoms with Crippen LogP contribution in [0.4, 0.5) is 5.82 Å². The lowest BCUT2D eigenvalue weighted by Crippen LogP contribution is -2.16. The number of anilines is 1. The van der Waals surface area contributed by atoms with E-state index in [1.165, 1.54) is 11.1 Å². The Bertz CT molecular complexity index is 622. The average Bonchev–Trinajstić information content (AvgIpc) is 3.01. The summed E-state index contributed by atoms with van der Waals surface area (Å²) in [6, 6.07) is 10.1. The zero-order valence-corrected chi connectivity index (χ0v) is 12.2. The average molecular weight is 287 g/mol. The first-order chi connectivity index (χ1) is 9.74. The smallest absolute Gasteiger partial charge is 0.225 e. The molecule has 20 heavy (non-hydrogen) atoms. The first-order valence-electron chi connectivity index (χ1n) is 6.70. The van der Waals surface area contributed by atoms with Gasteiger partial charge in [0, 0.05) is 30.5 Å². The van der Waals surface area contributed by atoms with Crippen molar-refractivity contribution in [1.29, 1.82) is 0 Å². The van der Waals surface area contributed by atoms with E-state index in [2.05, 4.69) is 10.4 Å². The highest BCUT2D eigenvalue weighted by molar-refractivity contribution is 7.98. The predicted octanol–water partition coefficient (Wildman–Crippen LogP) is 2.74. The van der Waals surface area contributed by atoms with Crippen LogP contribution in [0.1, 0.15) is 23.2 Å². The van der Waals surface area contributed by atoms with Crippen molar-refractivity contribution < 1.29 is 4.79 Å². The van der Waals surface area contributed by atoms with Gasteiger partial charge in [-0.05, 0) is 12.0 Å². The Morgan fingerprint density at radius 1 is 1.35 bits per heavy atom. The molecule has 0 atom stereocenters. The molecule has 1 amide bonds. The van der Waals surface area contributed by atoms with E-state index in [9.17, 15) is 4.79 Å². The maximum atomic E-state index is 12.1. The van der Waals surface area contributed by atoms with E-state index < -0.39 is 0 Å². The summed E-state index contributed by atoms with van der Waals surface area (Å²) in [6.07, 6.45) is 1.26. The second-order valence-electron chi connectivity index (χ2n) is 4.92. The van der Waals surface area contributed by atoms with Crippen molar-refractivity contribution >= 4 is 23.5 Å². The van der Waals surface area contributed by atoms with Crippen LogP contribution in [-0.4, -0.2) is 15.7 Å². The molecular formula is C15H17N3OS. The number of hydrogen-bond donors (Lipinski definition) is 1. The molecule has 0 aliphatic carbocycles. The summed E-state index contributed by atoms with van der Waals surface area (Å²) in [5.41, 5.74) is 3.48. The van der Waals surface area contributed by atoms with Gasteiger partial charge < -0.3 is 5.32 Å². The molecule has 0 saturated heterocycles. The van der Waals surface area contributed by atoms with Crippen molar-refractivity contribution in [3.8, 4) is 0 Å². The topological polar surface area (TPSA) is 46.9 Å². The maximum Gasteiger partial charge on any atom is 0.225 e. The molecule has 1 aromatic heterocycles. The van der Waals surface area contributed by atoms with Gasteiger partial charge in [0.05, 0.1) is 5.69 Å². The molecule has 0 bridgehead atoms. The Kier molecular flexibility index (Phi) is 3.78. The summed E-state index contributed by atoms with van der Waals surface area (Å²) >= 11 is 1.84. The number of aryl methyl sites for hydroxylation is 2. The minimum absolute atomic E-state index is 0.0524. The van der Waals surface area contributed by atoms with Crippen molar-refractivity contribution in [2.45, 2.75) is 24.3 Å². The van der Waals surface area contributed by atoms with Crippen LogP contribution in [0.2, 0.25) is 0 Å². The molecule has 0 saturated carbocycles. The highest BCUT2D eigenvalue weighted by Crippen LogP contribution is 2.34. The van der Waals surface area contributed by atoms with Crippen molar-refractivity contribution in [2.75, 3.05) is 5.32 Å². The molecule has 3 rings (SSSR count). The van der Waals surface area contributed by atoms with E-state index in [0.29, 0.717) is 6.42 Å². The van der Waals surface area contributed by atoms with Crippen molar-refractivity contribution in [3.05, 3.63) is 47.2 Å². The molecule has 104 valence electrons. The summed E-state index contributed by atoms with van der Waals surface area (Å²) in [5, 5.41) is 7.45. The lowest BCUT2D eigenvalue weighted by atomic mass is 10.1. The fraction of sp³-hybridized carbons (Fsp3) is 0.333. The van der Waals surface area contributed by atoms with Crippen molar-refractivity contribution in [1.82, 2.24) is 9.78 Å². The largest absolute Gasteiger partial charge is 0.311 e. The highest BCUT2D eigenvalue weighted by atomic mass is 32.2. The van der Waals surface area contributed by atoms with Gasteiger partial charge in [0.1, 0.15) is 5.82 Å². The summed E-state index contributed by atoms with van der Waals surface area (Å²) in [4.78, 5) is 12.1.